The zero-order chi connectivity index (χ0) is 12.1. The lowest BCUT2D eigenvalue weighted by Gasteiger charge is -2.35. The maximum atomic E-state index is 3.44. The second-order valence-corrected chi connectivity index (χ2v) is 6.29. The number of rotatable bonds is 8. The van der Waals surface area contributed by atoms with Gasteiger partial charge in [-0.25, -0.2) is 0 Å². The summed E-state index contributed by atoms with van der Waals surface area (Å²) in [7, 11) is 2.12. The van der Waals surface area contributed by atoms with Crippen LogP contribution in [0.25, 0.3) is 0 Å². The van der Waals surface area contributed by atoms with E-state index in [2.05, 4.69) is 24.2 Å². The number of unbranched alkanes of at least 4 members (excludes halogenated alkanes) is 1. The highest BCUT2D eigenvalue weighted by atomic mass is 15.2. The molecule has 0 aliphatic heterocycles. The Labute approximate surface area is 107 Å². The summed E-state index contributed by atoms with van der Waals surface area (Å²) in [6.45, 7) is 6.23. The third kappa shape index (κ3) is 3.69. The van der Waals surface area contributed by atoms with Crippen LogP contribution in [-0.2, 0) is 0 Å². The third-order valence-corrected chi connectivity index (χ3v) is 4.62. The van der Waals surface area contributed by atoms with Crippen LogP contribution < -0.4 is 5.32 Å². The molecule has 2 aliphatic rings. The summed E-state index contributed by atoms with van der Waals surface area (Å²) in [5, 5.41) is 3.44. The molecule has 1 N–H and O–H groups in total. The molecule has 17 heavy (non-hydrogen) atoms. The van der Waals surface area contributed by atoms with Crippen molar-refractivity contribution >= 4 is 0 Å². The van der Waals surface area contributed by atoms with Crippen LogP contribution in [0.3, 0.4) is 0 Å². The first-order valence-corrected chi connectivity index (χ1v) is 7.68. The van der Waals surface area contributed by atoms with Gasteiger partial charge in [0.25, 0.3) is 0 Å². The summed E-state index contributed by atoms with van der Waals surface area (Å²) in [6, 6.07) is 0.941. The first-order valence-electron chi connectivity index (χ1n) is 7.68. The molecule has 2 aliphatic carbocycles. The Kier molecular flexibility index (Phi) is 4.87. The highest BCUT2D eigenvalue weighted by Crippen LogP contribution is 2.40. The zero-order valence-electron chi connectivity index (χ0n) is 11.8. The zero-order valence-corrected chi connectivity index (χ0v) is 11.8. The minimum atomic E-state index is 0.602. The SMILES string of the molecule is CCCCN(CC1(CNC)CCCC1)C1CC1. The molecule has 0 radical (unpaired) electrons. The van der Waals surface area contributed by atoms with Gasteiger partial charge in [0.15, 0.2) is 0 Å². The maximum Gasteiger partial charge on any atom is 0.00966 e. The van der Waals surface area contributed by atoms with E-state index in [-0.39, 0.29) is 0 Å². The van der Waals surface area contributed by atoms with Crippen molar-refractivity contribution in [1.82, 2.24) is 10.2 Å². The Hall–Kier alpha value is -0.0800. The van der Waals surface area contributed by atoms with Crippen LogP contribution in [0.2, 0.25) is 0 Å². The van der Waals surface area contributed by atoms with E-state index in [1.54, 1.807) is 0 Å². The molecule has 0 aromatic heterocycles. The van der Waals surface area contributed by atoms with Crippen molar-refractivity contribution in [3.05, 3.63) is 0 Å². The predicted octanol–water partition coefficient (Wildman–Crippen LogP) is 3.03. The monoisotopic (exact) mass is 238 g/mol. The van der Waals surface area contributed by atoms with E-state index in [4.69, 9.17) is 0 Å². The van der Waals surface area contributed by atoms with E-state index >= 15 is 0 Å². The molecule has 2 fully saturated rings. The van der Waals surface area contributed by atoms with Gasteiger partial charge in [-0.3, -0.25) is 4.90 Å². The lowest BCUT2D eigenvalue weighted by molar-refractivity contribution is 0.142. The Morgan fingerprint density at radius 2 is 1.94 bits per heavy atom. The normalized spacial score (nSPS) is 23.5. The minimum absolute atomic E-state index is 0.602. The summed E-state index contributed by atoms with van der Waals surface area (Å²) < 4.78 is 0. The Morgan fingerprint density at radius 3 is 2.47 bits per heavy atom. The Balaban J connectivity index is 1.89. The second-order valence-electron chi connectivity index (χ2n) is 6.29. The van der Waals surface area contributed by atoms with E-state index in [1.807, 2.05) is 0 Å². The molecule has 0 aromatic rings. The van der Waals surface area contributed by atoms with Gasteiger partial charge in [-0.2, -0.15) is 0 Å². The lowest BCUT2D eigenvalue weighted by atomic mass is 9.85. The molecule has 2 rings (SSSR count). The number of hydrogen-bond donors (Lipinski definition) is 1. The van der Waals surface area contributed by atoms with Crippen LogP contribution in [-0.4, -0.2) is 37.6 Å². The van der Waals surface area contributed by atoms with Crippen LogP contribution in [0, 0.1) is 5.41 Å². The van der Waals surface area contributed by atoms with Gasteiger partial charge in [-0.05, 0) is 51.1 Å². The molecular weight excluding hydrogens is 208 g/mol. The van der Waals surface area contributed by atoms with Crippen LogP contribution in [0.5, 0.6) is 0 Å². The van der Waals surface area contributed by atoms with Gasteiger partial charge in [-0.1, -0.05) is 26.2 Å². The van der Waals surface area contributed by atoms with Gasteiger partial charge in [0.05, 0.1) is 0 Å². The molecule has 0 spiro atoms. The summed E-state index contributed by atoms with van der Waals surface area (Å²) in [5.41, 5.74) is 0.602. The van der Waals surface area contributed by atoms with Crippen LogP contribution in [0.1, 0.15) is 58.3 Å². The van der Waals surface area contributed by atoms with Gasteiger partial charge < -0.3 is 5.32 Å². The summed E-state index contributed by atoms with van der Waals surface area (Å²) in [5.74, 6) is 0. The number of nitrogens with zero attached hydrogens (tertiary/aromatic N) is 1. The fourth-order valence-electron chi connectivity index (χ4n) is 3.51. The van der Waals surface area contributed by atoms with Gasteiger partial charge in [0.2, 0.25) is 0 Å². The maximum absolute atomic E-state index is 3.44. The predicted molar refractivity (Wildman–Crippen MR) is 74.3 cm³/mol. The van der Waals surface area contributed by atoms with Crippen LogP contribution in [0.4, 0.5) is 0 Å². The van der Waals surface area contributed by atoms with Crippen LogP contribution in [0.15, 0.2) is 0 Å². The molecular formula is C15H30N2. The molecule has 0 amide bonds. The summed E-state index contributed by atoms with van der Waals surface area (Å²) in [6.07, 6.45) is 11.4. The summed E-state index contributed by atoms with van der Waals surface area (Å²) >= 11 is 0. The first kappa shape index (κ1) is 13.4. The molecule has 0 aromatic carbocycles. The van der Waals surface area contributed by atoms with Crippen molar-refractivity contribution in [1.29, 1.82) is 0 Å². The Bertz CT molecular complexity index is 217. The molecule has 0 bridgehead atoms. The van der Waals surface area contributed by atoms with E-state index < -0.39 is 0 Å². The van der Waals surface area contributed by atoms with Gasteiger partial charge >= 0.3 is 0 Å². The molecule has 2 heteroatoms. The smallest absolute Gasteiger partial charge is 0.00966 e. The lowest BCUT2D eigenvalue weighted by Crippen LogP contribution is -2.43. The van der Waals surface area contributed by atoms with Crippen molar-refractivity contribution in [2.75, 3.05) is 26.7 Å². The molecule has 0 atom stereocenters. The second kappa shape index (κ2) is 6.19. The summed E-state index contributed by atoms with van der Waals surface area (Å²) in [4.78, 5) is 2.81. The quantitative estimate of drug-likeness (QED) is 0.699. The highest BCUT2D eigenvalue weighted by molar-refractivity contribution is 4.93. The molecule has 0 saturated heterocycles. The fraction of sp³-hybridized carbons (Fsp3) is 1.00. The van der Waals surface area contributed by atoms with Crippen molar-refractivity contribution in [3.63, 3.8) is 0 Å². The van der Waals surface area contributed by atoms with E-state index in [0.717, 1.165) is 6.04 Å². The van der Waals surface area contributed by atoms with E-state index in [9.17, 15) is 0 Å². The van der Waals surface area contributed by atoms with Gasteiger partial charge in [0, 0.05) is 19.1 Å². The van der Waals surface area contributed by atoms with Crippen molar-refractivity contribution in [2.45, 2.75) is 64.3 Å². The van der Waals surface area contributed by atoms with Crippen molar-refractivity contribution < 1.29 is 0 Å². The first-order chi connectivity index (χ1) is 8.29. The number of nitrogens with one attached hydrogen (secondary N) is 1. The Morgan fingerprint density at radius 1 is 1.24 bits per heavy atom. The minimum Gasteiger partial charge on any atom is -0.319 e. The fourth-order valence-corrected chi connectivity index (χ4v) is 3.51. The third-order valence-electron chi connectivity index (χ3n) is 4.62. The largest absolute Gasteiger partial charge is 0.319 e. The molecule has 0 unspecified atom stereocenters. The van der Waals surface area contributed by atoms with Crippen LogP contribution >= 0.6 is 0 Å². The van der Waals surface area contributed by atoms with Gasteiger partial charge in [-0.15, -0.1) is 0 Å². The topological polar surface area (TPSA) is 15.3 Å². The average molecular weight is 238 g/mol. The number of hydrogen-bond acceptors (Lipinski definition) is 2. The molecule has 2 saturated carbocycles. The molecule has 0 heterocycles. The molecule has 2 nitrogen and oxygen atoms in total. The standard InChI is InChI=1S/C15H30N2/c1-3-4-11-17(14-7-8-14)13-15(12-16-2)9-5-6-10-15/h14,16H,3-13H2,1-2H3. The van der Waals surface area contributed by atoms with E-state index in [0.29, 0.717) is 5.41 Å². The molecule has 100 valence electrons. The highest BCUT2D eigenvalue weighted by Gasteiger charge is 2.38. The van der Waals surface area contributed by atoms with E-state index in [1.165, 1.54) is 71.0 Å². The van der Waals surface area contributed by atoms with Crippen molar-refractivity contribution in [2.24, 2.45) is 5.41 Å². The van der Waals surface area contributed by atoms with Gasteiger partial charge in [0.1, 0.15) is 0 Å². The van der Waals surface area contributed by atoms with Crippen molar-refractivity contribution in [3.8, 4) is 0 Å². The average Bonchev–Trinajstić information content (AvgIpc) is 3.07.